The average Bonchev–Trinajstić information content (AvgIpc) is 2.76. The molecular formula is C12H13BrN2O2S2. The molecule has 0 spiro atoms. The van der Waals surface area contributed by atoms with Crippen molar-refractivity contribution in [2.24, 2.45) is 0 Å². The summed E-state index contributed by atoms with van der Waals surface area (Å²) in [6, 6.07) is 10.5. The Bertz CT molecular complexity index is 681. The average molecular weight is 361 g/mol. The number of thiophene rings is 1. The van der Waals surface area contributed by atoms with Crippen LogP contribution in [0, 0.1) is 0 Å². The van der Waals surface area contributed by atoms with Gasteiger partial charge in [-0.1, -0.05) is 6.07 Å². The number of rotatable bonds is 4. The van der Waals surface area contributed by atoms with Crippen molar-refractivity contribution < 1.29 is 8.42 Å². The quantitative estimate of drug-likeness (QED) is 0.908. The second kappa shape index (κ2) is 5.52. The number of sulfonamides is 1. The molecule has 2 aromatic rings. The lowest BCUT2D eigenvalue weighted by Gasteiger charge is -2.14. The first-order chi connectivity index (χ1) is 8.88. The first-order valence-electron chi connectivity index (χ1n) is 5.44. The summed E-state index contributed by atoms with van der Waals surface area (Å²) >= 11 is 4.44. The molecule has 2 rings (SSSR count). The number of halogens is 1. The van der Waals surface area contributed by atoms with E-state index in [4.69, 9.17) is 0 Å². The van der Waals surface area contributed by atoms with Gasteiger partial charge in [-0.05, 0) is 46.3 Å². The highest BCUT2D eigenvalue weighted by molar-refractivity contribution is 9.11. The van der Waals surface area contributed by atoms with Gasteiger partial charge in [-0.25, -0.2) is 8.42 Å². The maximum atomic E-state index is 12.2. The molecule has 0 aliphatic heterocycles. The molecule has 0 amide bonds. The molecule has 0 unspecified atom stereocenters. The third kappa shape index (κ3) is 3.49. The fourth-order valence-corrected chi connectivity index (χ4v) is 4.55. The molecule has 0 fully saturated rings. The van der Waals surface area contributed by atoms with Crippen LogP contribution in [-0.2, 0) is 10.0 Å². The third-order valence-electron chi connectivity index (χ3n) is 2.43. The van der Waals surface area contributed by atoms with Gasteiger partial charge in [-0.2, -0.15) is 0 Å². The third-order valence-corrected chi connectivity index (χ3v) is 5.92. The SMILES string of the molecule is CN(C)c1cccc(NS(=O)(=O)c2ccc(Br)s2)c1. The molecule has 0 atom stereocenters. The minimum absolute atomic E-state index is 0.287. The Morgan fingerprint density at radius 3 is 2.53 bits per heavy atom. The molecule has 1 heterocycles. The van der Waals surface area contributed by atoms with Gasteiger partial charge in [0.05, 0.1) is 9.47 Å². The summed E-state index contributed by atoms with van der Waals surface area (Å²) in [6.07, 6.45) is 0. The van der Waals surface area contributed by atoms with E-state index in [0.717, 1.165) is 9.47 Å². The van der Waals surface area contributed by atoms with Crippen LogP contribution in [0.5, 0.6) is 0 Å². The molecule has 7 heteroatoms. The molecule has 0 saturated carbocycles. The van der Waals surface area contributed by atoms with Crippen molar-refractivity contribution in [3.8, 4) is 0 Å². The monoisotopic (exact) mass is 360 g/mol. The van der Waals surface area contributed by atoms with E-state index in [2.05, 4.69) is 20.7 Å². The number of benzene rings is 1. The van der Waals surface area contributed by atoms with Gasteiger partial charge in [0.15, 0.2) is 0 Å². The van der Waals surface area contributed by atoms with E-state index < -0.39 is 10.0 Å². The van der Waals surface area contributed by atoms with Gasteiger partial charge < -0.3 is 4.90 Å². The van der Waals surface area contributed by atoms with Crippen molar-refractivity contribution in [1.29, 1.82) is 0 Å². The molecule has 102 valence electrons. The zero-order valence-electron chi connectivity index (χ0n) is 10.4. The first-order valence-corrected chi connectivity index (χ1v) is 8.53. The van der Waals surface area contributed by atoms with Crippen molar-refractivity contribution in [3.63, 3.8) is 0 Å². The van der Waals surface area contributed by atoms with Crippen molar-refractivity contribution >= 4 is 48.7 Å². The Kier molecular flexibility index (Phi) is 4.17. The van der Waals surface area contributed by atoms with Crippen molar-refractivity contribution in [2.45, 2.75) is 4.21 Å². The number of hydrogen-bond donors (Lipinski definition) is 1. The Labute approximate surface area is 125 Å². The summed E-state index contributed by atoms with van der Waals surface area (Å²) in [4.78, 5) is 1.92. The van der Waals surface area contributed by atoms with Crippen LogP contribution >= 0.6 is 27.3 Å². The first kappa shape index (κ1) is 14.4. The van der Waals surface area contributed by atoms with Crippen LogP contribution in [0.25, 0.3) is 0 Å². The Morgan fingerprint density at radius 1 is 1.21 bits per heavy atom. The highest BCUT2D eigenvalue weighted by Crippen LogP contribution is 2.28. The molecule has 19 heavy (non-hydrogen) atoms. The smallest absolute Gasteiger partial charge is 0.271 e. The van der Waals surface area contributed by atoms with Gasteiger partial charge in [0.2, 0.25) is 0 Å². The van der Waals surface area contributed by atoms with Crippen LogP contribution < -0.4 is 9.62 Å². The van der Waals surface area contributed by atoms with Crippen molar-refractivity contribution in [1.82, 2.24) is 0 Å². The molecule has 4 nitrogen and oxygen atoms in total. The molecule has 0 aliphatic rings. The summed E-state index contributed by atoms with van der Waals surface area (Å²) in [6.45, 7) is 0. The van der Waals surface area contributed by atoms with E-state index >= 15 is 0 Å². The summed E-state index contributed by atoms with van der Waals surface area (Å²) in [5.41, 5.74) is 1.49. The number of nitrogens with zero attached hydrogens (tertiary/aromatic N) is 1. The molecule has 0 radical (unpaired) electrons. The lowest BCUT2D eigenvalue weighted by molar-refractivity contribution is 0.603. The standard InChI is InChI=1S/C12H13BrN2O2S2/c1-15(2)10-5-3-4-9(8-10)14-19(16,17)12-7-6-11(13)18-12/h3-8,14H,1-2H3. The fraction of sp³-hybridized carbons (Fsp3) is 0.167. The zero-order chi connectivity index (χ0) is 14.0. The van der Waals surface area contributed by atoms with Crippen molar-refractivity contribution in [3.05, 3.63) is 40.2 Å². The Hall–Kier alpha value is -1.05. The van der Waals surface area contributed by atoms with Crippen LogP contribution in [-0.4, -0.2) is 22.5 Å². The van der Waals surface area contributed by atoms with E-state index in [0.29, 0.717) is 5.69 Å². The second-order valence-corrected chi connectivity index (χ2v) is 8.48. The lowest BCUT2D eigenvalue weighted by Crippen LogP contribution is -2.13. The van der Waals surface area contributed by atoms with Crippen LogP contribution in [0.1, 0.15) is 0 Å². The van der Waals surface area contributed by atoms with Crippen LogP contribution in [0.3, 0.4) is 0 Å². The molecule has 1 N–H and O–H groups in total. The summed E-state index contributed by atoms with van der Waals surface area (Å²) < 4.78 is 28.0. The molecule has 1 aromatic carbocycles. The van der Waals surface area contributed by atoms with Crippen LogP contribution in [0.4, 0.5) is 11.4 Å². The largest absolute Gasteiger partial charge is 0.378 e. The zero-order valence-corrected chi connectivity index (χ0v) is 13.6. The summed E-state index contributed by atoms with van der Waals surface area (Å²) in [5, 5.41) is 0. The maximum absolute atomic E-state index is 12.2. The number of anilines is 2. The van der Waals surface area contributed by atoms with Gasteiger partial charge in [0.25, 0.3) is 10.0 Å². The van der Waals surface area contributed by atoms with Gasteiger partial charge in [0.1, 0.15) is 4.21 Å². The van der Waals surface area contributed by atoms with Gasteiger partial charge in [-0.15, -0.1) is 11.3 Å². The minimum atomic E-state index is -3.51. The Morgan fingerprint density at radius 2 is 1.95 bits per heavy atom. The molecule has 0 saturated heterocycles. The summed E-state index contributed by atoms with van der Waals surface area (Å²) in [7, 11) is 0.299. The predicted molar refractivity (Wildman–Crippen MR) is 83.6 cm³/mol. The van der Waals surface area contributed by atoms with E-state index in [1.165, 1.54) is 11.3 Å². The topological polar surface area (TPSA) is 49.4 Å². The van der Waals surface area contributed by atoms with Gasteiger partial charge >= 0.3 is 0 Å². The van der Waals surface area contributed by atoms with Crippen LogP contribution in [0.15, 0.2) is 44.4 Å². The van der Waals surface area contributed by atoms with Crippen molar-refractivity contribution in [2.75, 3.05) is 23.7 Å². The van der Waals surface area contributed by atoms with E-state index in [9.17, 15) is 8.42 Å². The number of nitrogens with one attached hydrogen (secondary N) is 1. The highest BCUT2D eigenvalue weighted by Gasteiger charge is 2.16. The minimum Gasteiger partial charge on any atom is -0.378 e. The maximum Gasteiger partial charge on any atom is 0.271 e. The highest BCUT2D eigenvalue weighted by atomic mass is 79.9. The lowest BCUT2D eigenvalue weighted by atomic mass is 10.3. The van der Waals surface area contributed by atoms with E-state index in [1.54, 1.807) is 24.3 Å². The Balaban J connectivity index is 2.28. The van der Waals surface area contributed by atoms with Gasteiger partial charge in [0, 0.05) is 19.8 Å². The fourth-order valence-electron chi connectivity index (χ4n) is 1.50. The molecule has 1 aromatic heterocycles. The predicted octanol–water partition coefficient (Wildman–Crippen LogP) is 3.38. The van der Waals surface area contributed by atoms with Crippen LogP contribution in [0.2, 0.25) is 0 Å². The van der Waals surface area contributed by atoms with E-state index in [-0.39, 0.29) is 4.21 Å². The normalized spacial score (nSPS) is 11.3. The molecular weight excluding hydrogens is 348 g/mol. The van der Waals surface area contributed by atoms with E-state index in [1.807, 2.05) is 31.1 Å². The molecule has 0 aliphatic carbocycles. The number of hydrogen-bond acceptors (Lipinski definition) is 4. The summed E-state index contributed by atoms with van der Waals surface area (Å²) in [5.74, 6) is 0. The second-order valence-electron chi connectivity index (χ2n) is 4.11. The van der Waals surface area contributed by atoms with Gasteiger partial charge in [-0.3, -0.25) is 4.72 Å². The molecule has 0 bridgehead atoms.